The molecular formula is C25H31ClN2O5. The average Bonchev–Trinajstić information content (AvgIpc) is 2.82. The number of benzene rings is 2. The van der Waals surface area contributed by atoms with Gasteiger partial charge in [0, 0.05) is 17.6 Å². The Morgan fingerprint density at radius 2 is 1.79 bits per heavy atom. The first-order valence-corrected chi connectivity index (χ1v) is 11.5. The second kappa shape index (κ2) is 11.8. The van der Waals surface area contributed by atoms with E-state index in [0.717, 1.165) is 36.8 Å². The molecule has 1 aliphatic rings. The average molecular weight is 475 g/mol. The van der Waals surface area contributed by atoms with E-state index in [-0.39, 0.29) is 25.2 Å². The summed E-state index contributed by atoms with van der Waals surface area (Å²) < 4.78 is 16.6. The fourth-order valence-corrected chi connectivity index (χ4v) is 4.14. The highest BCUT2D eigenvalue weighted by Crippen LogP contribution is 2.30. The molecule has 1 fully saturated rings. The van der Waals surface area contributed by atoms with Crippen LogP contribution >= 0.6 is 11.6 Å². The molecule has 178 valence electrons. The quantitative estimate of drug-likeness (QED) is 0.555. The first-order valence-electron chi connectivity index (χ1n) is 11.1. The summed E-state index contributed by atoms with van der Waals surface area (Å²) in [6.45, 7) is 2.05. The van der Waals surface area contributed by atoms with E-state index >= 15 is 0 Å². The number of carbonyl (C=O) groups is 2. The molecule has 0 heterocycles. The van der Waals surface area contributed by atoms with Crippen LogP contribution in [0.1, 0.15) is 43.2 Å². The van der Waals surface area contributed by atoms with Crippen molar-refractivity contribution in [2.45, 2.75) is 51.6 Å². The summed E-state index contributed by atoms with van der Waals surface area (Å²) in [5.41, 5.74) is 6.96. The van der Waals surface area contributed by atoms with Crippen LogP contribution in [-0.4, -0.2) is 43.1 Å². The molecule has 33 heavy (non-hydrogen) atoms. The Morgan fingerprint density at radius 1 is 1.03 bits per heavy atom. The van der Waals surface area contributed by atoms with Crippen molar-refractivity contribution in [1.82, 2.24) is 4.90 Å². The summed E-state index contributed by atoms with van der Waals surface area (Å²) in [6.07, 6.45) is 5.36. The van der Waals surface area contributed by atoms with E-state index in [1.807, 2.05) is 30.0 Å². The summed E-state index contributed by atoms with van der Waals surface area (Å²) >= 11 is 6.08. The summed E-state index contributed by atoms with van der Waals surface area (Å²) in [4.78, 5) is 26.2. The van der Waals surface area contributed by atoms with Gasteiger partial charge in [0.05, 0.1) is 7.11 Å². The van der Waals surface area contributed by atoms with Crippen molar-refractivity contribution >= 4 is 23.4 Å². The second-order valence-corrected chi connectivity index (χ2v) is 8.66. The molecule has 1 saturated carbocycles. The Labute approximate surface area is 199 Å². The first-order chi connectivity index (χ1) is 15.9. The Morgan fingerprint density at radius 3 is 2.45 bits per heavy atom. The minimum absolute atomic E-state index is 0.0471. The lowest BCUT2D eigenvalue weighted by Gasteiger charge is -2.34. The van der Waals surface area contributed by atoms with Crippen LogP contribution in [0.25, 0.3) is 0 Å². The topological polar surface area (TPSA) is 91.1 Å². The van der Waals surface area contributed by atoms with Crippen LogP contribution in [-0.2, 0) is 16.1 Å². The van der Waals surface area contributed by atoms with Crippen molar-refractivity contribution in [1.29, 1.82) is 0 Å². The van der Waals surface area contributed by atoms with Crippen LogP contribution in [0.4, 0.5) is 0 Å². The molecule has 2 N–H and O–H groups in total. The number of primary amides is 1. The summed E-state index contributed by atoms with van der Waals surface area (Å²) in [5, 5.41) is 0.662. The van der Waals surface area contributed by atoms with Gasteiger partial charge >= 0.3 is 0 Å². The first kappa shape index (κ1) is 24.7. The third-order valence-corrected chi connectivity index (χ3v) is 6.20. The lowest BCUT2D eigenvalue weighted by atomic mass is 9.93. The zero-order chi connectivity index (χ0) is 23.8. The van der Waals surface area contributed by atoms with Gasteiger partial charge in [0.1, 0.15) is 5.75 Å². The summed E-state index contributed by atoms with van der Waals surface area (Å²) in [5.74, 6) is 0.898. The van der Waals surface area contributed by atoms with Crippen LogP contribution in [0.5, 0.6) is 17.2 Å². The monoisotopic (exact) mass is 474 g/mol. The Hall–Kier alpha value is -2.93. The normalized spacial score (nSPS) is 13.9. The van der Waals surface area contributed by atoms with E-state index in [2.05, 4.69) is 0 Å². The standard InChI is InChI=1S/C25H31ClN2O5/c1-17-12-20(9-10-21(17)26)32-16-25(30)28(19-6-4-3-5-7-19)14-18-8-11-22(23(13-18)31-2)33-15-24(27)29/h8-13,19H,3-7,14-16H2,1-2H3,(H2,27,29). The number of carbonyl (C=O) groups excluding carboxylic acids is 2. The molecule has 0 bridgehead atoms. The zero-order valence-electron chi connectivity index (χ0n) is 19.1. The molecule has 3 rings (SSSR count). The second-order valence-electron chi connectivity index (χ2n) is 8.25. The van der Waals surface area contributed by atoms with Gasteiger partial charge in [-0.15, -0.1) is 0 Å². The van der Waals surface area contributed by atoms with Crippen LogP contribution < -0.4 is 19.9 Å². The molecule has 0 atom stereocenters. The number of ether oxygens (including phenoxy) is 3. The number of amides is 2. The number of nitrogens with zero attached hydrogens (tertiary/aromatic N) is 1. The molecule has 0 radical (unpaired) electrons. The summed E-state index contributed by atoms with van der Waals surface area (Å²) in [7, 11) is 1.53. The minimum Gasteiger partial charge on any atom is -0.493 e. The van der Waals surface area contributed by atoms with Gasteiger partial charge in [0.25, 0.3) is 11.8 Å². The summed E-state index contributed by atoms with van der Waals surface area (Å²) in [6, 6.07) is 10.9. The number of nitrogens with two attached hydrogens (primary N) is 1. The molecule has 0 unspecified atom stereocenters. The van der Waals surface area contributed by atoms with Gasteiger partial charge in [-0.05, 0) is 61.2 Å². The molecule has 0 aromatic heterocycles. The van der Waals surface area contributed by atoms with Crippen molar-refractivity contribution < 1.29 is 23.8 Å². The third kappa shape index (κ3) is 7.02. The number of hydrogen-bond donors (Lipinski definition) is 1. The fourth-order valence-electron chi connectivity index (χ4n) is 4.02. The third-order valence-electron chi connectivity index (χ3n) is 5.78. The lowest BCUT2D eigenvalue weighted by molar-refractivity contribution is -0.137. The molecule has 0 aliphatic heterocycles. The van der Waals surface area contributed by atoms with Gasteiger partial charge < -0.3 is 24.8 Å². The van der Waals surface area contributed by atoms with E-state index in [1.165, 1.54) is 13.5 Å². The molecule has 7 nitrogen and oxygen atoms in total. The maximum Gasteiger partial charge on any atom is 0.261 e. The number of rotatable bonds is 10. The Kier molecular flexibility index (Phi) is 8.83. The maximum absolute atomic E-state index is 13.2. The van der Waals surface area contributed by atoms with Gasteiger partial charge in [-0.25, -0.2) is 0 Å². The molecule has 2 amide bonds. The van der Waals surface area contributed by atoms with Gasteiger partial charge in [0.2, 0.25) is 0 Å². The SMILES string of the molecule is COc1cc(CN(C(=O)COc2ccc(Cl)c(C)c2)C2CCCCC2)ccc1OCC(N)=O. The van der Waals surface area contributed by atoms with Gasteiger partial charge in [0.15, 0.2) is 24.7 Å². The maximum atomic E-state index is 13.2. The lowest BCUT2D eigenvalue weighted by Crippen LogP contribution is -2.43. The van der Waals surface area contributed by atoms with E-state index in [0.29, 0.717) is 28.8 Å². The van der Waals surface area contributed by atoms with E-state index < -0.39 is 5.91 Å². The smallest absolute Gasteiger partial charge is 0.261 e. The molecule has 8 heteroatoms. The number of methoxy groups -OCH3 is 1. The van der Waals surface area contributed by atoms with E-state index in [9.17, 15) is 9.59 Å². The minimum atomic E-state index is -0.564. The molecule has 1 aliphatic carbocycles. The molecule has 2 aromatic rings. The Bertz CT molecular complexity index is 975. The van der Waals surface area contributed by atoms with Gasteiger partial charge in [-0.2, -0.15) is 0 Å². The number of halogens is 1. The fraction of sp³-hybridized carbons (Fsp3) is 0.440. The predicted octanol–water partition coefficient (Wildman–Crippen LogP) is 4.26. The Balaban J connectivity index is 1.73. The van der Waals surface area contributed by atoms with Crippen molar-refractivity contribution in [3.8, 4) is 17.2 Å². The van der Waals surface area contributed by atoms with Crippen LogP contribution in [0.15, 0.2) is 36.4 Å². The van der Waals surface area contributed by atoms with Crippen molar-refractivity contribution in [3.05, 3.63) is 52.5 Å². The van der Waals surface area contributed by atoms with Gasteiger partial charge in [-0.1, -0.05) is 36.9 Å². The predicted molar refractivity (Wildman–Crippen MR) is 127 cm³/mol. The number of aryl methyl sites for hydroxylation is 1. The van der Waals surface area contributed by atoms with Crippen molar-refractivity contribution in [2.75, 3.05) is 20.3 Å². The molecule has 0 saturated heterocycles. The van der Waals surface area contributed by atoms with Crippen molar-refractivity contribution in [3.63, 3.8) is 0 Å². The number of hydrogen-bond acceptors (Lipinski definition) is 5. The van der Waals surface area contributed by atoms with Crippen LogP contribution in [0.3, 0.4) is 0 Å². The largest absolute Gasteiger partial charge is 0.493 e. The zero-order valence-corrected chi connectivity index (χ0v) is 19.9. The molecular weight excluding hydrogens is 444 g/mol. The van der Waals surface area contributed by atoms with Crippen LogP contribution in [0.2, 0.25) is 5.02 Å². The van der Waals surface area contributed by atoms with E-state index in [4.69, 9.17) is 31.5 Å². The van der Waals surface area contributed by atoms with Gasteiger partial charge in [-0.3, -0.25) is 9.59 Å². The van der Waals surface area contributed by atoms with Crippen molar-refractivity contribution in [2.24, 2.45) is 5.73 Å². The highest BCUT2D eigenvalue weighted by Gasteiger charge is 2.26. The molecule has 2 aromatic carbocycles. The highest BCUT2D eigenvalue weighted by molar-refractivity contribution is 6.31. The van der Waals surface area contributed by atoms with E-state index in [1.54, 1.807) is 18.2 Å². The van der Waals surface area contributed by atoms with Crippen LogP contribution in [0, 0.1) is 6.92 Å². The molecule has 0 spiro atoms. The highest BCUT2D eigenvalue weighted by atomic mass is 35.5.